The number of benzene rings is 1. The van der Waals surface area contributed by atoms with Crippen LogP contribution in [0.4, 0.5) is 0 Å². The molecule has 0 fully saturated rings. The normalized spacial score (nSPS) is 10.4. The first kappa shape index (κ1) is 16.8. The molecule has 128 valence electrons. The number of aromatic nitrogens is 3. The van der Waals surface area contributed by atoms with Crippen LogP contribution in [0, 0.1) is 0 Å². The van der Waals surface area contributed by atoms with Gasteiger partial charge in [0.1, 0.15) is 11.4 Å². The van der Waals surface area contributed by atoms with E-state index in [1.54, 1.807) is 17.0 Å². The molecule has 0 unspecified atom stereocenters. The van der Waals surface area contributed by atoms with E-state index in [9.17, 15) is 9.59 Å². The lowest BCUT2D eigenvalue weighted by Gasteiger charge is -2.04. The highest BCUT2D eigenvalue weighted by Crippen LogP contribution is 2.16. The Balaban J connectivity index is 1.41. The van der Waals surface area contributed by atoms with Crippen LogP contribution in [0.5, 0.6) is 0 Å². The summed E-state index contributed by atoms with van der Waals surface area (Å²) in [6.07, 6.45) is 0.626. The van der Waals surface area contributed by atoms with Crippen LogP contribution in [0.3, 0.4) is 0 Å². The fraction of sp³-hybridized carbons (Fsp3) is 0.176. The molecule has 0 bridgehead atoms. The number of nitrogens with one attached hydrogen (secondary N) is 3. The summed E-state index contributed by atoms with van der Waals surface area (Å²) < 4.78 is 0. The minimum absolute atomic E-state index is 0.200. The monoisotopic (exact) mass is 355 g/mol. The second-order valence-electron chi connectivity index (χ2n) is 5.27. The Morgan fingerprint density at radius 3 is 2.56 bits per heavy atom. The fourth-order valence-corrected chi connectivity index (χ4v) is 2.73. The molecule has 3 aromatic rings. The second kappa shape index (κ2) is 8.20. The molecule has 1 aromatic carbocycles. The van der Waals surface area contributed by atoms with Crippen molar-refractivity contribution in [3.05, 3.63) is 58.7 Å². The maximum absolute atomic E-state index is 12.1. The van der Waals surface area contributed by atoms with E-state index in [1.165, 1.54) is 11.3 Å². The molecule has 0 radical (unpaired) electrons. The summed E-state index contributed by atoms with van der Waals surface area (Å²) in [5.74, 6) is -0.422. The third kappa shape index (κ3) is 4.51. The van der Waals surface area contributed by atoms with E-state index in [0.717, 1.165) is 11.3 Å². The SMILES string of the molecule is O=C(NCCCNC(=O)c1cc(-c2ccccc2)n[nH]1)c1cscn1. The fourth-order valence-electron chi connectivity index (χ4n) is 2.20. The third-order valence-corrected chi connectivity index (χ3v) is 4.07. The molecule has 7 nitrogen and oxygen atoms in total. The van der Waals surface area contributed by atoms with Crippen LogP contribution in [0.15, 0.2) is 47.3 Å². The minimum atomic E-state index is -0.222. The Kier molecular flexibility index (Phi) is 5.53. The van der Waals surface area contributed by atoms with Crippen LogP contribution in [0.1, 0.15) is 27.4 Å². The van der Waals surface area contributed by atoms with Crippen molar-refractivity contribution in [2.75, 3.05) is 13.1 Å². The molecular formula is C17H17N5O2S. The predicted molar refractivity (Wildman–Crippen MR) is 95.4 cm³/mol. The summed E-state index contributed by atoms with van der Waals surface area (Å²) in [6.45, 7) is 0.921. The first-order chi connectivity index (χ1) is 12.2. The number of carbonyl (C=O) groups is 2. The molecule has 3 rings (SSSR count). The zero-order valence-corrected chi connectivity index (χ0v) is 14.2. The predicted octanol–water partition coefficient (Wildman–Crippen LogP) is 2.08. The second-order valence-corrected chi connectivity index (χ2v) is 5.99. The number of nitrogens with zero attached hydrogens (tertiary/aromatic N) is 2. The Morgan fingerprint density at radius 1 is 1.08 bits per heavy atom. The van der Waals surface area contributed by atoms with Gasteiger partial charge in [0, 0.05) is 24.0 Å². The Morgan fingerprint density at radius 2 is 1.84 bits per heavy atom. The van der Waals surface area contributed by atoms with Crippen molar-refractivity contribution in [2.24, 2.45) is 0 Å². The van der Waals surface area contributed by atoms with Gasteiger partial charge < -0.3 is 10.6 Å². The van der Waals surface area contributed by atoms with Gasteiger partial charge in [-0.05, 0) is 12.5 Å². The Bertz CT molecular complexity index is 830. The molecule has 0 saturated carbocycles. The van der Waals surface area contributed by atoms with Gasteiger partial charge in [0.25, 0.3) is 11.8 Å². The minimum Gasteiger partial charge on any atom is -0.351 e. The van der Waals surface area contributed by atoms with Gasteiger partial charge in [-0.15, -0.1) is 11.3 Å². The van der Waals surface area contributed by atoms with Gasteiger partial charge in [-0.3, -0.25) is 14.7 Å². The average molecular weight is 355 g/mol. The molecule has 0 saturated heterocycles. The Hall–Kier alpha value is -3.00. The number of amides is 2. The maximum Gasteiger partial charge on any atom is 0.270 e. The van der Waals surface area contributed by atoms with Crippen molar-refractivity contribution in [2.45, 2.75) is 6.42 Å². The lowest BCUT2D eigenvalue weighted by Crippen LogP contribution is -2.30. The van der Waals surface area contributed by atoms with Gasteiger partial charge in [-0.25, -0.2) is 4.98 Å². The van der Waals surface area contributed by atoms with Crippen LogP contribution < -0.4 is 10.6 Å². The molecule has 2 aromatic heterocycles. The van der Waals surface area contributed by atoms with Crippen LogP contribution in [-0.2, 0) is 0 Å². The number of H-pyrrole nitrogens is 1. The number of aromatic amines is 1. The molecule has 2 amide bonds. The van der Waals surface area contributed by atoms with Crippen molar-refractivity contribution in [1.29, 1.82) is 0 Å². The first-order valence-electron chi connectivity index (χ1n) is 7.79. The zero-order valence-electron chi connectivity index (χ0n) is 13.4. The molecule has 0 aliphatic heterocycles. The molecule has 25 heavy (non-hydrogen) atoms. The Labute approximate surface area is 148 Å². The van der Waals surface area contributed by atoms with E-state index >= 15 is 0 Å². The largest absolute Gasteiger partial charge is 0.351 e. The summed E-state index contributed by atoms with van der Waals surface area (Å²) in [6, 6.07) is 11.4. The highest BCUT2D eigenvalue weighted by Gasteiger charge is 2.10. The standard InChI is InChI=1S/C17H17N5O2S/c23-16(14-9-13(21-22-14)12-5-2-1-3-6-12)18-7-4-8-19-17(24)15-10-25-11-20-15/h1-3,5-6,9-11H,4,7-8H2,(H,18,23)(H,19,24)(H,21,22). The van der Waals surface area contributed by atoms with Crippen molar-refractivity contribution in [3.8, 4) is 11.3 Å². The van der Waals surface area contributed by atoms with Crippen LogP contribution >= 0.6 is 11.3 Å². The van der Waals surface area contributed by atoms with Gasteiger partial charge in [0.05, 0.1) is 11.2 Å². The van der Waals surface area contributed by atoms with Crippen molar-refractivity contribution in [3.63, 3.8) is 0 Å². The quantitative estimate of drug-likeness (QED) is 0.565. The van der Waals surface area contributed by atoms with Crippen molar-refractivity contribution >= 4 is 23.2 Å². The lowest BCUT2D eigenvalue weighted by molar-refractivity contribution is 0.0947. The third-order valence-electron chi connectivity index (χ3n) is 3.48. The lowest BCUT2D eigenvalue weighted by atomic mass is 10.1. The number of carbonyl (C=O) groups excluding carboxylic acids is 2. The smallest absolute Gasteiger partial charge is 0.270 e. The van der Waals surface area contributed by atoms with E-state index in [0.29, 0.717) is 30.9 Å². The molecule has 0 aliphatic rings. The van der Waals surface area contributed by atoms with E-state index in [4.69, 9.17) is 0 Å². The summed E-state index contributed by atoms with van der Waals surface area (Å²) in [7, 11) is 0. The first-order valence-corrected chi connectivity index (χ1v) is 8.74. The van der Waals surface area contributed by atoms with E-state index < -0.39 is 0 Å². The van der Waals surface area contributed by atoms with E-state index in [2.05, 4.69) is 25.8 Å². The number of rotatable bonds is 7. The van der Waals surface area contributed by atoms with Crippen molar-refractivity contribution < 1.29 is 9.59 Å². The summed E-state index contributed by atoms with van der Waals surface area (Å²) >= 11 is 1.38. The van der Waals surface area contributed by atoms with Crippen LogP contribution in [-0.4, -0.2) is 40.1 Å². The molecule has 0 atom stereocenters. The number of thiazole rings is 1. The van der Waals surface area contributed by atoms with Gasteiger partial charge in [0.15, 0.2) is 0 Å². The van der Waals surface area contributed by atoms with E-state index in [1.807, 2.05) is 30.3 Å². The number of hydrogen-bond acceptors (Lipinski definition) is 5. The number of hydrogen-bond donors (Lipinski definition) is 3. The molecular weight excluding hydrogens is 338 g/mol. The molecule has 0 aliphatic carbocycles. The van der Waals surface area contributed by atoms with Gasteiger partial charge in [-0.1, -0.05) is 30.3 Å². The topological polar surface area (TPSA) is 99.8 Å². The summed E-state index contributed by atoms with van der Waals surface area (Å²) in [5, 5.41) is 14.1. The summed E-state index contributed by atoms with van der Waals surface area (Å²) in [4.78, 5) is 27.7. The van der Waals surface area contributed by atoms with Crippen LogP contribution in [0.25, 0.3) is 11.3 Å². The zero-order chi connectivity index (χ0) is 17.5. The van der Waals surface area contributed by atoms with Crippen molar-refractivity contribution in [1.82, 2.24) is 25.8 Å². The molecule has 2 heterocycles. The van der Waals surface area contributed by atoms with Gasteiger partial charge in [-0.2, -0.15) is 5.10 Å². The van der Waals surface area contributed by atoms with Crippen LogP contribution in [0.2, 0.25) is 0 Å². The molecule has 3 N–H and O–H groups in total. The van der Waals surface area contributed by atoms with E-state index in [-0.39, 0.29) is 11.8 Å². The average Bonchev–Trinajstić information content (AvgIpc) is 3.34. The highest BCUT2D eigenvalue weighted by molar-refractivity contribution is 7.07. The maximum atomic E-state index is 12.1. The van der Waals surface area contributed by atoms with Gasteiger partial charge in [0.2, 0.25) is 0 Å². The summed E-state index contributed by atoms with van der Waals surface area (Å²) in [5.41, 5.74) is 4.11. The molecule has 8 heteroatoms. The highest BCUT2D eigenvalue weighted by atomic mass is 32.1. The molecule has 0 spiro atoms. The van der Waals surface area contributed by atoms with Gasteiger partial charge >= 0.3 is 0 Å².